The smallest absolute Gasteiger partial charge is 0.249 e. The second-order valence-electron chi connectivity index (χ2n) is 12.4. The molecule has 1 aliphatic carbocycles. The number of phenols is 1. The molecule has 1 aromatic carbocycles. The summed E-state index contributed by atoms with van der Waals surface area (Å²) in [6, 6.07) is 3.41. The number of likely N-dealkylation sites (tertiary alicyclic amines) is 1. The second-order valence-corrected chi connectivity index (χ2v) is 12.4. The fourth-order valence-corrected chi connectivity index (χ4v) is 6.28. The molecule has 13 heteroatoms. The zero-order chi connectivity index (χ0) is 32.4. The quantitative estimate of drug-likeness (QED) is 0.0613. The lowest BCUT2D eigenvalue weighted by Crippen LogP contribution is -2.58. The average molecular weight is 617 g/mol. The number of amides is 3. The van der Waals surface area contributed by atoms with Gasteiger partial charge in [-0.1, -0.05) is 26.0 Å². The van der Waals surface area contributed by atoms with Crippen LogP contribution < -0.4 is 22.1 Å². The molecule has 0 bridgehead atoms. The summed E-state index contributed by atoms with van der Waals surface area (Å²) in [6.07, 6.45) is 1.99. The monoisotopic (exact) mass is 616 g/mol. The van der Waals surface area contributed by atoms with Gasteiger partial charge in [0.25, 0.3) is 0 Å². The molecule has 2 fully saturated rings. The number of phenolic OH excluding ortho intramolecular Hbond substituents is 1. The van der Waals surface area contributed by atoms with E-state index in [4.69, 9.17) is 11.5 Å². The minimum absolute atomic E-state index is 0.0000223. The standard InChI is InChI=1S/C31H48N6O7/c1-18(2)14-24(36-29(43)27(41)15-19-5-8-22(39)9-6-19)30(44)37-25-17-23(40)10-7-20(25)16-26(37)28(42)35-21(11-13-38)4-3-12-34-31(32)33/h5-6,8-9,13,18,20-21,23-27,39-41H,3-4,7,10-12,14-17H2,1-2H3,(H,35,42)(H,36,43)(H4,32,33,34)/t20-,21-,23+,24+,25-,26-,27-/m0/s1. The minimum Gasteiger partial charge on any atom is -0.508 e. The molecule has 0 spiro atoms. The summed E-state index contributed by atoms with van der Waals surface area (Å²) in [5, 5.41) is 36.3. The Morgan fingerprint density at radius 3 is 2.45 bits per heavy atom. The van der Waals surface area contributed by atoms with E-state index in [2.05, 4.69) is 15.6 Å². The summed E-state index contributed by atoms with van der Waals surface area (Å²) in [7, 11) is 0. The maximum absolute atomic E-state index is 14.2. The molecule has 1 aromatic rings. The number of aliphatic hydroxyl groups excluding tert-OH is 2. The van der Waals surface area contributed by atoms with Crippen LogP contribution in [0.25, 0.3) is 0 Å². The van der Waals surface area contributed by atoms with Crippen LogP contribution in [0.2, 0.25) is 0 Å². The molecule has 9 N–H and O–H groups in total. The van der Waals surface area contributed by atoms with Crippen molar-refractivity contribution >= 4 is 30.0 Å². The van der Waals surface area contributed by atoms with Crippen molar-refractivity contribution in [1.29, 1.82) is 0 Å². The number of hydrogen-bond donors (Lipinski definition) is 7. The number of fused-ring (bicyclic) bond motifs is 1. The Bertz CT molecular complexity index is 1160. The summed E-state index contributed by atoms with van der Waals surface area (Å²) >= 11 is 0. The SMILES string of the molecule is CC(C)C[C@@H](NC(=O)[C@@H](O)Cc1ccc(O)cc1)C(=O)N1[C@H](C(=O)N[C@H](CC=O)CCCN=C(N)N)C[C@@H]2CC[C@@H](O)C[C@@H]21. The van der Waals surface area contributed by atoms with Crippen molar-refractivity contribution in [1.82, 2.24) is 15.5 Å². The number of hydrogen-bond acceptors (Lipinski definition) is 8. The van der Waals surface area contributed by atoms with Crippen molar-refractivity contribution in [2.24, 2.45) is 28.3 Å². The lowest BCUT2D eigenvalue weighted by atomic mass is 9.83. The minimum atomic E-state index is -1.44. The number of aliphatic imine (C=N–C) groups is 1. The van der Waals surface area contributed by atoms with E-state index >= 15 is 0 Å². The normalized spacial score (nSPS) is 23.2. The van der Waals surface area contributed by atoms with E-state index in [1.165, 1.54) is 17.0 Å². The first-order valence-electron chi connectivity index (χ1n) is 15.5. The summed E-state index contributed by atoms with van der Waals surface area (Å²) in [6.45, 7) is 4.17. The number of carbonyl (C=O) groups excluding carboxylic acids is 4. The molecular formula is C31H48N6O7. The largest absolute Gasteiger partial charge is 0.508 e. The molecule has 1 saturated heterocycles. The molecular weight excluding hydrogens is 568 g/mol. The van der Waals surface area contributed by atoms with Crippen LogP contribution in [0.4, 0.5) is 0 Å². The number of rotatable bonds is 15. The van der Waals surface area contributed by atoms with Crippen LogP contribution in [-0.2, 0) is 25.6 Å². The van der Waals surface area contributed by atoms with Gasteiger partial charge in [-0.25, -0.2) is 0 Å². The Morgan fingerprint density at radius 1 is 1.11 bits per heavy atom. The number of nitrogens with zero attached hydrogens (tertiary/aromatic N) is 2. The third kappa shape index (κ3) is 9.91. The molecule has 244 valence electrons. The predicted octanol–water partition coefficient (Wildman–Crippen LogP) is 0.0844. The number of aldehydes is 1. The van der Waals surface area contributed by atoms with Crippen LogP contribution in [0.5, 0.6) is 5.75 Å². The van der Waals surface area contributed by atoms with Gasteiger partial charge in [-0.2, -0.15) is 0 Å². The fraction of sp³-hybridized carbons (Fsp3) is 0.645. The van der Waals surface area contributed by atoms with Crippen molar-refractivity contribution in [3.63, 3.8) is 0 Å². The van der Waals surface area contributed by atoms with Gasteiger partial charge < -0.3 is 47.1 Å². The molecule has 0 radical (unpaired) electrons. The van der Waals surface area contributed by atoms with Crippen molar-refractivity contribution in [2.75, 3.05) is 6.54 Å². The van der Waals surface area contributed by atoms with E-state index < -0.39 is 48.1 Å². The zero-order valence-corrected chi connectivity index (χ0v) is 25.6. The van der Waals surface area contributed by atoms with Gasteiger partial charge in [-0.05, 0) is 74.5 Å². The Balaban J connectivity index is 1.79. The topological polar surface area (TPSA) is 221 Å². The zero-order valence-electron chi connectivity index (χ0n) is 25.6. The molecule has 2 aliphatic rings. The van der Waals surface area contributed by atoms with E-state index in [0.717, 1.165) is 6.29 Å². The highest BCUT2D eigenvalue weighted by atomic mass is 16.3. The molecule has 0 unspecified atom stereocenters. The van der Waals surface area contributed by atoms with Crippen molar-refractivity contribution < 1.29 is 34.5 Å². The molecule has 1 aliphatic heterocycles. The van der Waals surface area contributed by atoms with Gasteiger partial charge in [0.05, 0.1) is 6.10 Å². The van der Waals surface area contributed by atoms with Crippen LogP contribution in [-0.4, -0.2) is 93.1 Å². The van der Waals surface area contributed by atoms with Gasteiger partial charge in [0, 0.05) is 31.5 Å². The first kappa shape index (κ1) is 34.8. The van der Waals surface area contributed by atoms with Gasteiger partial charge in [-0.15, -0.1) is 0 Å². The van der Waals surface area contributed by atoms with Crippen LogP contribution >= 0.6 is 0 Å². The van der Waals surface area contributed by atoms with Gasteiger partial charge in [0.15, 0.2) is 5.96 Å². The Hall–Kier alpha value is -3.71. The molecule has 3 amide bonds. The van der Waals surface area contributed by atoms with Crippen LogP contribution in [0.1, 0.15) is 70.8 Å². The number of carbonyl (C=O) groups is 4. The summed E-state index contributed by atoms with van der Waals surface area (Å²) in [4.78, 5) is 57.9. The lowest BCUT2D eigenvalue weighted by molar-refractivity contribution is -0.146. The Kier molecular flexibility index (Phi) is 13.0. The summed E-state index contributed by atoms with van der Waals surface area (Å²) in [5.74, 6) is -1.52. The highest BCUT2D eigenvalue weighted by Crippen LogP contribution is 2.40. The van der Waals surface area contributed by atoms with Gasteiger partial charge in [0.1, 0.15) is 30.2 Å². The van der Waals surface area contributed by atoms with Crippen LogP contribution in [0.15, 0.2) is 29.3 Å². The van der Waals surface area contributed by atoms with E-state index in [1.54, 1.807) is 12.1 Å². The molecule has 1 saturated carbocycles. The first-order chi connectivity index (χ1) is 20.9. The van der Waals surface area contributed by atoms with Gasteiger partial charge in [-0.3, -0.25) is 19.4 Å². The molecule has 7 atom stereocenters. The van der Waals surface area contributed by atoms with Crippen molar-refractivity contribution in [3.05, 3.63) is 29.8 Å². The highest BCUT2D eigenvalue weighted by Gasteiger charge is 2.50. The third-order valence-corrected chi connectivity index (χ3v) is 8.43. The second kappa shape index (κ2) is 16.4. The molecule has 44 heavy (non-hydrogen) atoms. The summed E-state index contributed by atoms with van der Waals surface area (Å²) < 4.78 is 0. The number of nitrogens with one attached hydrogen (secondary N) is 2. The molecule has 3 rings (SSSR count). The molecule has 13 nitrogen and oxygen atoms in total. The third-order valence-electron chi connectivity index (χ3n) is 8.43. The van der Waals surface area contributed by atoms with Crippen molar-refractivity contribution in [2.45, 2.75) is 108 Å². The Labute approximate surface area is 258 Å². The van der Waals surface area contributed by atoms with E-state index in [9.17, 15) is 34.5 Å². The Morgan fingerprint density at radius 2 is 1.82 bits per heavy atom. The van der Waals surface area contributed by atoms with E-state index in [-0.39, 0.29) is 48.8 Å². The van der Waals surface area contributed by atoms with Gasteiger partial charge >= 0.3 is 0 Å². The average Bonchev–Trinajstić information content (AvgIpc) is 3.34. The number of aromatic hydroxyl groups is 1. The lowest BCUT2D eigenvalue weighted by Gasteiger charge is -2.38. The maximum atomic E-state index is 14.2. The highest BCUT2D eigenvalue weighted by molar-refractivity contribution is 5.94. The van der Waals surface area contributed by atoms with Gasteiger partial charge in [0.2, 0.25) is 17.7 Å². The first-order valence-corrected chi connectivity index (χ1v) is 15.5. The molecule has 1 heterocycles. The van der Waals surface area contributed by atoms with Crippen LogP contribution in [0, 0.1) is 11.8 Å². The summed E-state index contributed by atoms with van der Waals surface area (Å²) in [5.41, 5.74) is 11.4. The number of aliphatic hydroxyl groups is 2. The van der Waals surface area contributed by atoms with E-state index in [0.29, 0.717) is 50.6 Å². The number of guanidine groups is 1. The predicted molar refractivity (Wildman–Crippen MR) is 164 cm³/mol. The fourth-order valence-electron chi connectivity index (χ4n) is 6.28. The number of benzene rings is 1. The number of nitrogens with two attached hydrogens (primary N) is 2. The maximum Gasteiger partial charge on any atom is 0.249 e. The molecule has 0 aromatic heterocycles. The van der Waals surface area contributed by atoms with Crippen LogP contribution in [0.3, 0.4) is 0 Å². The van der Waals surface area contributed by atoms with Crippen molar-refractivity contribution in [3.8, 4) is 5.75 Å². The van der Waals surface area contributed by atoms with E-state index in [1.807, 2.05) is 13.8 Å².